The van der Waals surface area contributed by atoms with Crippen LogP contribution >= 0.6 is 0 Å². The van der Waals surface area contributed by atoms with E-state index in [2.05, 4.69) is 0 Å². The minimum Gasteiger partial charge on any atom is -0.497 e. The van der Waals surface area contributed by atoms with Crippen molar-refractivity contribution in [2.24, 2.45) is 5.73 Å². The fourth-order valence-corrected chi connectivity index (χ4v) is 3.85. The smallest absolute Gasteiger partial charge is 0.251 e. The number of nitrogens with zero attached hydrogens (tertiary/aromatic N) is 2. The second-order valence-corrected chi connectivity index (χ2v) is 7.47. The van der Waals surface area contributed by atoms with Crippen molar-refractivity contribution < 1.29 is 19.1 Å². The van der Waals surface area contributed by atoms with Crippen molar-refractivity contribution in [3.63, 3.8) is 0 Å². The Morgan fingerprint density at radius 2 is 1.82 bits per heavy atom. The normalized spacial score (nSPS) is 22.8. The molecule has 2 N–H and O–H groups in total. The third-order valence-corrected chi connectivity index (χ3v) is 5.59. The van der Waals surface area contributed by atoms with Crippen LogP contribution in [-0.2, 0) is 20.7 Å². The van der Waals surface area contributed by atoms with E-state index in [0.717, 1.165) is 30.6 Å². The maximum Gasteiger partial charge on any atom is 0.251 e. The van der Waals surface area contributed by atoms with Crippen LogP contribution in [0.4, 0.5) is 0 Å². The topological polar surface area (TPSA) is 85.1 Å². The van der Waals surface area contributed by atoms with Crippen LogP contribution in [0.5, 0.6) is 5.75 Å². The lowest BCUT2D eigenvalue weighted by atomic mass is 10.1. The van der Waals surface area contributed by atoms with Crippen molar-refractivity contribution in [3.05, 3.63) is 29.8 Å². The largest absolute Gasteiger partial charge is 0.497 e. The molecular weight excluding hydrogens is 358 g/mol. The van der Waals surface area contributed by atoms with Gasteiger partial charge in [-0.3, -0.25) is 9.59 Å². The first-order chi connectivity index (χ1) is 13.6. The lowest BCUT2D eigenvalue weighted by Crippen LogP contribution is -2.42. The number of hydrogen-bond donors (Lipinski definition) is 1. The van der Waals surface area contributed by atoms with Gasteiger partial charge >= 0.3 is 0 Å². The Morgan fingerprint density at radius 3 is 2.50 bits per heavy atom. The summed E-state index contributed by atoms with van der Waals surface area (Å²) in [5.41, 5.74) is 6.75. The van der Waals surface area contributed by atoms with Crippen molar-refractivity contribution in [1.82, 2.24) is 9.80 Å². The number of rotatable bonds is 6. The van der Waals surface area contributed by atoms with E-state index < -0.39 is 0 Å². The molecule has 154 valence electrons. The fraction of sp³-hybridized carbons (Fsp3) is 0.619. The van der Waals surface area contributed by atoms with Crippen molar-refractivity contribution in [2.75, 3.05) is 39.8 Å². The van der Waals surface area contributed by atoms with Gasteiger partial charge in [0.25, 0.3) is 5.91 Å². The molecule has 2 amide bonds. The van der Waals surface area contributed by atoms with E-state index >= 15 is 0 Å². The summed E-state index contributed by atoms with van der Waals surface area (Å²) in [6.07, 6.45) is 3.19. The number of nitrogens with two attached hydrogens (primary N) is 1. The summed E-state index contributed by atoms with van der Waals surface area (Å²) < 4.78 is 10.9. The lowest BCUT2D eigenvalue weighted by Gasteiger charge is -2.24. The number of methoxy groups -OCH3 is 1. The van der Waals surface area contributed by atoms with Gasteiger partial charge in [0.15, 0.2) is 0 Å². The minimum absolute atomic E-state index is 0.00282. The Morgan fingerprint density at radius 1 is 1.11 bits per heavy atom. The van der Waals surface area contributed by atoms with Gasteiger partial charge in [-0.15, -0.1) is 0 Å². The number of amides is 2. The fourth-order valence-electron chi connectivity index (χ4n) is 3.85. The van der Waals surface area contributed by atoms with Gasteiger partial charge in [0.2, 0.25) is 5.91 Å². The molecule has 0 bridgehead atoms. The van der Waals surface area contributed by atoms with E-state index in [1.165, 1.54) is 0 Å². The molecule has 0 aromatic heterocycles. The van der Waals surface area contributed by atoms with E-state index in [9.17, 15) is 9.59 Å². The van der Waals surface area contributed by atoms with Crippen LogP contribution in [0.15, 0.2) is 24.3 Å². The zero-order valence-corrected chi connectivity index (χ0v) is 16.6. The first-order valence-corrected chi connectivity index (χ1v) is 10.2. The van der Waals surface area contributed by atoms with E-state index in [-0.39, 0.29) is 24.0 Å². The highest BCUT2D eigenvalue weighted by molar-refractivity contribution is 5.81. The molecule has 0 unspecified atom stereocenters. The Kier molecular flexibility index (Phi) is 7.28. The van der Waals surface area contributed by atoms with Gasteiger partial charge in [0, 0.05) is 39.1 Å². The van der Waals surface area contributed by atoms with Crippen LogP contribution < -0.4 is 10.5 Å². The van der Waals surface area contributed by atoms with Crippen molar-refractivity contribution in [2.45, 2.75) is 44.3 Å². The van der Waals surface area contributed by atoms with Gasteiger partial charge in [0.05, 0.1) is 13.2 Å². The third kappa shape index (κ3) is 5.23. The maximum absolute atomic E-state index is 12.7. The molecule has 1 aromatic rings. The Hall–Kier alpha value is -2.12. The highest BCUT2D eigenvalue weighted by Gasteiger charge is 2.33. The molecule has 0 spiro atoms. The number of hydrogen-bond acceptors (Lipinski definition) is 5. The van der Waals surface area contributed by atoms with Gasteiger partial charge < -0.3 is 25.0 Å². The number of ether oxygens (including phenoxy) is 2. The van der Waals surface area contributed by atoms with Gasteiger partial charge in [-0.25, -0.2) is 0 Å². The summed E-state index contributed by atoms with van der Waals surface area (Å²) in [5, 5.41) is 0. The van der Waals surface area contributed by atoms with E-state index in [4.69, 9.17) is 15.2 Å². The van der Waals surface area contributed by atoms with E-state index in [0.29, 0.717) is 45.6 Å². The summed E-state index contributed by atoms with van der Waals surface area (Å²) in [5.74, 6) is 1.00. The average molecular weight is 389 g/mol. The van der Waals surface area contributed by atoms with Crippen molar-refractivity contribution in [3.8, 4) is 5.75 Å². The summed E-state index contributed by atoms with van der Waals surface area (Å²) in [7, 11) is 1.64. The molecule has 3 rings (SSSR count). The van der Waals surface area contributed by atoms with Crippen LogP contribution in [0.3, 0.4) is 0 Å². The molecule has 0 radical (unpaired) electrons. The van der Waals surface area contributed by atoms with Crippen LogP contribution in [0, 0.1) is 0 Å². The number of benzene rings is 1. The van der Waals surface area contributed by atoms with Crippen LogP contribution in [0.25, 0.3) is 0 Å². The summed E-state index contributed by atoms with van der Waals surface area (Å²) in [4.78, 5) is 29.1. The van der Waals surface area contributed by atoms with Gasteiger partial charge in [-0.1, -0.05) is 12.1 Å². The first kappa shape index (κ1) is 20.6. The molecule has 2 aliphatic rings. The van der Waals surface area contributed by atoms with Crippen LogP contribution in [0.1, 0.15) is 31.2 Å². The Bertz CT molecular complexity index is 664. The molecule has 0 aliphatic carbocycles. The average Bonchev–Trinajstić information content (AvgIpc) is 3.08. The number of carbonyl (C=O) groups excluding carboxylic acids is 2. The predicted octanol–water partition coefficient (Wildman–Crippen LogP) is 1.20. The molecule has 2 aliphatic heterocycles. The number of carbonyl (C=O) groups is 2. The second-order valence-electron chi connectivity index (χ2n) is 7.47. The molecule has 2 heterocycles. The third-order valence-electron chi connectivity index (χ3n) is 5.59. The summed E-state index contributed by atoms with van der Waals surface area (Å²) in [6, 6.07) is 7.81. The van der Waals surface area contributed by atoms with Crippen molar-refractivity contribution >= 4 is 11.8 Å². The molecule has 28 heavy (non-hydrogen) atoms. The van der Waals surface area contributed by atoms with Crippen LogP contribution in [0.2, 0.25) is 0 Å². The second kappa shape index (κ2) is 9.89. The van der Waals surface area contributed by atoms with Crippen molar-refractivity contribution in [1.29, 1.82) is 0 Å². The Balaban J connectivity index is 1.46. The Labute approximate surface area is 166 Å². The molecule has 7 nitrogen and oxygen atoms in total. The minimum atomic E-state index is -0.370. The molecule has 0 saturated carbocycles. The quantitative estimate of drug-likeness (QED) is 0.790. The molecule has 7 heteroatoms. The highest BCUT2D eigenvalue weighted by atomic mass is 16.5. The number of aryl methyl sites for hydroxylation is 1. The van der Waals surface area contributed by atoms with E-state index in [1.807, 2.05) is 34.1 Å². The molecule has 2 atom stereocenters. The summed E-state index contributed by atoms with van der Waals surface area (Å²) >= 11 is 0. The maximum atomic E-state index is 12.7. The van der Waals surface area contributed by atoms with Gasteiger partial charge in [0.1, 0.15) is 11.9 Å². The molecule has 1 aromatic carbocycles. The molecule has 2 fully saturated rings. The molecular formula is C21H31N3O4. The van der Waals surface area contributed by atoms with Gasteiger partial charge in [-0.2, -0.15) is 0 Å². The monoisotopic (exact) mass is 389 g/mol. The SMILES string of the molecule is COc1ccc(CCC(=O)N2CCCN(C(=O)[C@@H]3CC[C@H](CN)O3)CC2)cc1. The zero-order chi connectivity index (χ0) is 19.9. The summed E-state index contributed by atoms with van der Waals surface area (Å²) in [6.45, 7) is 2.98. The molecule has 2 saturated heterocycles. The lowest BCUT2D eigenvalue weighted by molar-refractivity contribution is -0.143. The zero-order valence-electron chi connectivity index (χ0n) is 16.6. The standard InChI is InChI=1S/C21H31N3O4/c1-27-17-6-3-16(4-7-17)5-10-20(25)23-11-2-12-24(14-13-23)21(26)19-9-8-18(15-22)28-19/h3-4,6-7,18-19H,2,5,8-15,22H2,1H3/t18-,19+/m1/s1. The van der Waals surface area contributed by atoms with Gasteiger partial charge in [-0.05, 0) is 43.4 Å². The first-order valence-electron chi connectivity index (χ1n) is 10.2. The van der Waals surface area contributed by atoms with Crippen LogP contribution in [-0.4, -0.2) is 73.7 Å². The highest BCUT2D eigenvalue weighted by Crippen LogP contribution is 2.21. The van der Waals surface area contributed by atoms with E-state index in [1.54, 1.807) is 7.11 Å². The predicted molar refractivity (Wildman–Crippen MR) is 106 cm³/mol.